The number of hydrogen-bond donors (Lipinski definition) is 2. The number of nitrogens with one attached hydrogen (secondary N) is 1. The minimum atomic E-state index is -0.839. The molecule has 104 valence electrons. The number of anilines is 1. The fourth-order valence-corrected chi connectivity index (χ4v) is 1.45. The van der Waals surface area contributed by atoms with Crippen LogP contribution in [0.1, 0.15) is 30.6 Å². The molecule has 0 aliphatic heterocycles. The van der Waals surface area contributed by atoms with Crippen molar-refractivity contribution in [2.24, 2.45) is 5.92 Å². The summed E-state index contributed by atoms with van der Waals surface area (Å²) in [6, 6.07) is 3.27. The number of esters is 1. The number of carbonyl (C=O) groups excluding carboxylic acids is 1. The zero-order valence-corrected chi connectivity index (χ0v) is 11.0. The van der Waals surface area contributed by atoms with Crippen molar-refractivity contribution in [2.45, 2.75) is 20.3 Å². The van der Waals surface area contributed by atoms with Gasteiger partial charge in [-0.1, -0.05) is 6.92 Å². The number of carboxylic acids is 1. The van der Waals surface area contributed by atoms with Crippen LogP contribution in [0, 0.1) is 5.92 Å². The number of pyridine rings is 1. The van der Waals surface area contributed by atoms with E-state index >= 15 is 0 Å². The maximum Gasteiger partial charge on any atom is 0.341 e. The van der Waals surface area contributed by atoms with Gasteiger partial charge in [0.15, 0.2) is 0 Å². The van der Waals surface area contributed by atoms with Crippen molar-refractivity contribution in [1.29, 1.82) is 0 Å². The van der Waals surface area contributed by atoms with E-state index in [0.717, 1.165) is 0 Å². The molecule has 0 spiro atoms. The van der Waals surface area contributed by atoms with Crippen LogP contribution in [0.15, 0.2) is 18.3 Å². The number of aliphatic carboxylic acids is 1. The van der Waals surface area contributed by atoms with Crippen molar-refractivity contribution < 1.29 is 19.4 Å². The van der Waals surface area contributed by atoms with Crippen molar-refractivity contribution in [2.75, 3.05) is 18.5 Å². The summed E-state index contributed by atoms with van der Waals surface area (Å²) >= 11 is 0. The van der Waals surface area contributed by atoms with Crippen LogP contribution >= 0.6 is 0 Å². The molecule has 0 radical (unpaired) electrons. The molecule has 0 saturated carbocycles. The molecule has 1 atom stereocenters. The summed E-state index contributed by atoms with van der Waals surface area (Å²) in [4.78, 5) is 26.4. The second kappa shape index (κ2) is 7.35. The average molecular weight is 266 g/mol. The lowest BCUT2D eigenvalue weighted by molar-refractivity contribution is -0.141. The van der Waals surface area contributed by atoms with E-state index in [1.165, 1.54) is 0 Å². The zero-order valence-electron chi connectivity index (χ0n) is 11.0. The van der Waals surface area contributed by atoms with Crippen LogP contribution in [0.4, 0.5) is 5.82 Å². The van der Waals surface area contributed by atoms with Gasteiger partial charge < -0.3 is 15.2 Å². The monoisotopic (exact) mass is 266 g/mol. The molecule has 0 aliphatic rings. The Kier molecular flexibility index (Phi) is 5.78. The SMILES string of the molecule is CCOC(=O)c1cccnc1NCCC(C)C(=O)O. The molecule has 0 amide bonds. The first-order valence-electron chi connectivity index (χ1n) is 6.15. The summed E-state index contributed by atoms with van der Waals surface area (Å²) in [6.07, 6.45) is 2.01. The number of ether oxygens (including phenoxy) is 1. The molecule has 1 aromatic heterocycles. The van der Waals surface area contributed by atoms with Crippen LogP contribution in [-0.4, -0.2) is 35.2 Å². The van der Waals surface area contributed by atoms with Crippen LogP contribution in [0.2, 0.25) is 0 Å². The van der Waals surface area contributed by atoms with Crippen molar-refractivity contribution in [1.82, 2.24) is 4.98 Å². The molecule has 6 heteroatoms. The Morgan fingerprint density at radius 3 is 2.89 bits per heavy atom. The molecule has 1 aromatic rings. The van der Waals surface area contributed by atoms with Gasteiger partial charge in [-0.2, -0.15) is 0 Å². The van der Waals surface area contributed by atoms with E-state index in [9.17, 15) is 9.59 Å². The van der Waals surface area contributed by atoms with Gasteiger partial charge in [-0.3, -0.25) is 4.79 Å². The number of hydrogen-bond acceptors (Lipinski definition) is 5. The third-order valence-corrected chi connectivity index (χ3v) is 2.59. The molecule has 0 aromatic carbocycles. The fourth-order valence-electron chi connectivity index (χ4n) is 1.45. The normalized spacial score (nSPS) is 11.7. The summed E-state index contributed by atoms with van der Waals surface area (Å²) in [6.45, 7) is 4.09. The summed E-state index contributed by atoms with van der Waals surface area (Å²) < 4.78 is 4.92. The van der Waals surface area contributed by atoms with E-state index in [2.05, 4.69) is 10.3 Å². The minimum absolute atomic E-state index is 0.295. The molecule has 1 rings (SSSR count). The molecule has 1 heterocycles. The second-order valence-electron chi connectivity index (χ2n) is 4.07. The Hall–Kier alpha value is -2.11. The number of carboxylic acid groups (broad SMARTS) is 1. The van der Waals surface area contributed by atoms with E-state index in [1.807, 2.05) is 0 Å². The van der Waals surface area contributed by atoms with Crippen molar-refractivity contribution in [3.8, 4) is 0 Å². The van der Waals surface area contributed by atoms with Gasteiger partial charge in [0, 0.05) is 12.7 Å². The van der Waals surface area contributed by atoms with E-state index < -0.39 is 17.9 Å². The minimum Gasteiger partial charge on any atom is -0.481 e. The third kappa shape index (κ3) is 4.57. The van der Waals surface area contributed by atoms with Gasteiger partial charge in [0.05, 0.1) is 12.5 Å². The Labute approximate surface area is 111 Å². The van der Waals surface area contributed by atoms with Gasteiger partial charge in [-0.15, -0.1) is 0 Å². The zero-order chi connectivity index (χ0) is 14.3. The quantitative estimate of drug-likeness (QED) is 0.731. The average Bonchev–Trinajstić information content (AvgIpc) is 2.39. The van der Waals surface area contributed by atoms with Gasteiger partial charge in [-0.25, -0.2) is 9.78 Å². The Balaban J connectivity index is 2.63. The lowest BCUT2D eigenvalue weighted by Gasteiger charge is -2.11. The first-order valence-corrected chi connectivity index (χ1v) is 6.15. The van der Waals surface area contributed by atoms with Gasteiger partial charge in [-0.05, 0) is 25.5 Å². The Morgan fingerprint density at radius 1 is 1.53 bits per heavy atom. The van der Waals surface area contributed by atoms with Crippen molar-refractivity contribution in [3.63, 3.8) is 0 Å². The predicted octanol–water partition coefficient (Wildman–Crippen LogP) is 1.78. The smallest absolute Gasteiger partial charge is 0.341 e. The topological polar surface area (TPSA) is 88.5 Å². The highest BCUT2D eigenvalue weighted by atomic mass is 16.5. The molecule has 0 saturated heterocycles. The maximum atomic E-state index is 11.7. The highest BCUT2D eigenvalue weighted by molar-refractivity contribution is 5.94. The lowest BCUT2D eigenvalue weighted by Crippen LogP contribution is -2.16. The number of carbonyl (C=O) groups is 2. The molecule has 19 heavy (non-hydrogen) atoms. The summed E-state index contributed by atoms with van der Waals surface area (Å²) in [5, 5.41) is 11.7. The number of nitrogens with zero attached hydrogens (tertiary/aromatic N) is 1. The Bertz CT molecular complexity index is 448. The van der Waals surface area contributed by atoms with Crippen LogP contribution in [-0.2, 0) is 9.53 Å². The second-order valence-corrected chi connectivity index (χ2v) is 4.07. The lowest BCUT2D eigenvalue weighted by atomic mass is 10.1. The molecular formula is C13H18N2O4. The van der Waals surface area contributed by atoms with Crippen LogP contribution < -0.4 is 5.32 Å². The first kappa shape index (κ1) is 14.9. The Morgan fingerprint density at radius 2 is 2.26 bits per heavy atom. The highest BCUT2D eigenvalue weighted by Gasteiger charge is 2.14. The number of rotatable bonds is 7. The van der Waals surface area contributed by atoms with Crippen LogP contribution in [0.5, 0.6) is 0 Å². The van der Waals surface area contributed by atoms with Crippen LogP contribution in [0.3, 0.4) is 0 Å². The molecule has 2 N–H and O–H groups in total. The fraction of sp³-hybridized carbons (Fsp3) is 0.462. The van der Waals surface area contributed by atoms with E-state index in [1.54, 1.807) is 32.2 Å². The van der Waals surface area contributed by atoms with E-state index in [-0.39, 0.29) is 0 Å². The standard InChI is InChI=1S/C13H18N2O4/c1-3-19-13(18)10-5-4-7-14-11(10)15-8-6-9(2)12(16)17/h4-5,7,9H,3,6,8H2,1-2H3,(H,14,15)(H,16,17). The summed E-state index contributed by atoms with van der Waals surface area (Å²) in [5.74, 6) is -1.31. The third-order valence-electron chi connectivity index (χ3n) is 2.59. The summed E-state index contributed by atoms with van der Waals surface area (Å²) in [7, 11) is 0. The van der Waals surface area contributed by atoms with E-state index in [0.29, 0.717) is 31.0 Å². The molecule has 0 fully saturated rings. The van der Waals surface area contributed by atoms with Gasteiger partial charge >= 0.3 is 11.9 Å². The highest BCUT2D eigenvalue weighted by Crippen LogP contribution is 2.13. The van der Waals surface area contributed by atoms with Gasteiger partial charge in [0.2, 0.25) is 0 Å². The molecule has 1 unspecified atom stereocenters. The predicted molar refractivity (Wildman–Crippen MR) is 70.1 cm³/mol. The summed E-state index contributed by atoms with van der Waals surface area (Å²) in [5.41, 5.74) is 0.354. The largest absolute Gasteiger partial charge is 0.481 e. The van der Waals surface area contributed by atoms with Crippen molar-refractivity contribution in [3.05, 3.63) is 23.9 Å². The molecule has 0 aliphatic carbocycles. The van der Waals surface area contributed by atoms with Gasteiger partial charge in [0.25, 0.3) is 0 Å². The molecule has 0 bridgehead atoms. The molecular weight excluding hydrogens is 248 g/mol. The first-order chi connectivity index (χ1) is 9.06. The van der Waals surface area contributed by atoms with Gasteiger partial charge in [0.1, 0.15) is 11.4 Å². The molecule has 6 nitrogen and oxygen atoms in total. The maximum absolute atomic E-state index is 11.7. The van der Waals surface area contributed by atoms with Crippen molar-refractivity contribution >= 4 is 17.8 Å². The van der Waals surface area contributed by atoms with Crippen LogP contribution in [0.25, 0.3) is 0 Å². The number of aromatic nitrogens is 1. The van der Waals surface area contributed by atoms with E-state index in [4.69, 9.17) is 9.84 Å².